The van der Waals surface area contributed by atoms with Gasteiger partial charge in [-0.3, -0.25) is 14.3 Å². The molecule has 0 radical (unpaired) electrons. The second kappa shape index (κ2) is 7.75. The standard InChI is InChI=1S/C23H24N4OS/c1-2-15-3-7-19-17(13-15)4-8-20(19)21(28)14-29-23-26-25-22(27(23)18-5-6-18)16-9-11-24-12-10-16/h3,7,9-13,18,20H,2,4-6,8,14H2,1H3. The molecule has 0 spiro atoms. The van der Waals surface area contributed by atoms with Gasteiger partial charge in [-0.2, -0.15) is 0 Å². The minimum atomic E-state index is 0.0281. The van der Waals surface area contributed by atoms with E-state index >= 15 is 0 Å². The lowest BCUT2D eigenvalue weighted by Crippen LogP contribution is -2.13. The van der Waals surface area contributed by atoms with Crippen LogP contribution in [0.4, 0.5) is 0 Å². The number of hydrogen-bond acceptors (Lipinski definition) is 5. The van der Waals surface area contributed by atoms with Crippen LogP contribution < -0.4 is 0 Å². The first-order valence-electron chi connectivity index (χ1n) is 10.4. The number of hydrogen-bond donors (Lipinski definition) is 0. The molecule has 0 amide bonds. The van der Waals surface area contributed by atoms with Crippen LogP contribution in [0.3, 0.4) is 0 Å². The quantitative estimate of drug-likeness (QED) is 0.537. The first-order chi connectivity index (χ1) is 14.2. The summed E-state index contributed by atoms with van der Waals surface area (Å²) >= 11 is 1.53. The van der Waals surface area contributed by atoms with Crippen molar-refractivity contribution in [2.75, 3.05) is 5.75 Å². The van der Waals surface area contributed by atoms with Crippen molar-refractivity contribution in [2.24, 2.45) is 0 Å². The molecule has 5 nitrogen and oxygen atoms in total. The molecule has 2 heterocycles. The molecule has 1 fully saturated rings. The van der Waals surface area contributed by atoms with E-state index in [-0.39, 0.29) is 5.92 Å². The molecule has 29 heavy (non-hydrogen) atoms. The fraction of sp³-hybridized carbons (Fsp3) is 0.391. The molecule has 148 valence electrons. The molecule has 1 unspecified atom stereocenters. The Balaban J connectivity index is 1.33. The molecule has 1 aromatic carbocycles. The Bertz CT molecular complexity index is 1040. The summed E-state index contributed by atoms with van der Waals surface area (Å²) in [6.07, 6.45) is 8.82. The number of ketones is 1. The molecule has 2 aliphatic carbocycles. The fourth-order valence-corrected chi connectivity index (χ4v) is 5.14. The van der Waals surface area contributed by atoms with Crippen LogP contribution in [-0.2, 0) is 17.6 Å². The van der Waals surface area contributed by atoms with Crippen LogP contribution in [0.1, 0.15) is 54.8 Å². The summed E-state index contributed by atoms with van der Waals surface area (Å²) in [7, 11) is 0. The number of carbonyl (C=O) groups is 1. The van der Waals surface area contributed by atoms with E-state index in [0.717, 1.165) is 48.6 Å². The predicted molar refractivity (Wildman–Crippen MR) is 114 cm³/mol. The third-order valence-corrected chi connectivity index (χ3v) is 6.91. The van der Waals surface area contributed by atoms with Crippen molar-refractivity contribution in [3.63, 3.8) is 0 Å². The minimum absolute atomic E-state index is 0.0281. The first-order valence-corrected chi connectivity index (χ1v) is 11.4. The van der Waals surface area contributed by atoms with Crippen molar-refractivity contribution < 1.29 is 4.79 Å². The molecule has 5 rings (SSSR count). The molecule has 0 aliphatic heterocycles. The summed E-state index contributed by atoms with van der Waals surface area (Å²) in [6.45, 7) is 2.17. The van der Waals surface area contributed by atoms with Gasteiger partial charge in [0.05, 0.1) is 5.75 Å². The van der Waals surface area contributed by atoms with Gasteiger partial charge in [-0.1, -0.05) is 36.9 Å². The summed E-state index contributed by atoms with van der Waals surface area (Å²) in [5.74, 6) is 1.65. The Hall–Kier alpha value is -2.47. The van der Waals surface area contributed by atoms with E-state index in [1.54, 1.807) is 12.4 Å². The highest BCUT2D eigenvalue weighted by Gasteiger charge is 2.32. The molecule has 2 aliphatic rings. The smallest absolute Gasteiger partial charge is 0.192 e. The monoisotopic (exact) mass is 404 g/mol. The predicted octanol–water partition coefficient (Wildman–Crippen LogP) is 4.63. The van der Waals surface area contributed by atoms with Crippen LogP contribution in [0.5, 0.6) is 0 Å². The SMILES string of the molecule is CCc1ccc2c(c1)CCC2C(=O)CSc1nnc(-c2ccncc2)n1C1CC1. The van der Waals surface area contributed by atoms with Gasteiger partial charge in [0.2, 0.25) is 0 Å². The van der Waals surface area contributed by atoms with Gasteiger partial charge >= 0.3 is 0 Å². The van der Waals surface area contributed by atoms with E-state index in [0.29, 0.717) is 17.6 Å². The molecule has 0 bridgehead atoms. The molecule has 1 atom stereocenters. The maximum Gasteiger partial charge on any atom is 0.192 e. The van der Waals surface area contributed by atoms with Gasteiger partial charge in [0.15, 0.2) is 16.8 Å². The van der Waals surface area contributed by atoms with Crippen molar-refractivity contribution in [2.45, 2.75) is 56.1 Å². The maximum atomic E-state index is 13.0. The number of aromatic nitrogens is 4. The van der Waals surface area contributed by atoms with Crippen molar-refractivity contribution >= 4 is 17.5 Å². The zero-order valence-electron chi connectivity index (χ0n) is 16.5. The largest absolute Gasteiger partial charge is 0.299 e. The van der Waals surface area contributed by atoms with Crippen molar-refractivity contribution in [1.82, 2.24) is 19.7 Å². The third-order valence-electron chi connectivity index (χ3n) is 5.94. The average molecular weight is 405 g/mol. The Morgan fingerprint density at radius 3 is 2.72 bits per heavy atom. The summed E-state index contributed by atoms with van der Waals surface area (Å²) < 4.78 is 2.21. The molecule has 1 saturated carbocycles. The zero-order chi connectivity index (χ0) is 19.8. The third kappa shape index (κ3) is 3.62. The van der Waals surface area contributed by atoms with Crippen molar-refractivity contribution in [1.29, 1.82) is 0 Å². The Labute approximate surface area is 175 Å². The van der Waals surface area contributed by atoms with Crippen LogP contribution in [-0.4, -0.2) is 31.3 Å². The molecule has 0 N–H and O–H groups in total. The van der Waals surface area contributed by atoms with Crippen LogP contribution >= 0.6 is 11.8 Å². The van der Waals surface area contributed by atoms with Gasteiger partial charge in [-0.25, -0.2) is 0 Å². The van der Waals surface area contributed by atoms with Crippen LogP contribution in [0.15, 0.2) is 47.9 Å². The van der Waals surface area contributed by atoms with Gasteiger partial charge in [-0.15, -0.1) is 10.2 Å². The maximum absolute atomic E-state index is 13.0. The minimum Gasteiger partial charge on any atom is -0.299 e. The van der Waals surface area contributed by atoms with Gasteiger partial charge in [-0.05, 0) is 60.9 Å². The van der Waals surface area contributed by atoms with E-state index in [9.17, 15) is 4.79 Å². The van der Waals surface area contributed by atoms with E-state index in [1.807, 2.05) is 12.1 Å². The number of thioether (sulfide) groups is 1. The Morgan fingerprint density at radius 1 is 1.14 bits per heavy atom. The number of aryl methyl sites for hydroxylation is 2. The molecule has 0 saturated heterocycles. The summed E-state index contributed by atoms with van der Waals surface area (Å²) in [5, 5.41) is 9.71. The number of rotatable bonds is 7. The number of nitrogens with zero attached hydrogens (tertiary/aromatic N) is 4. The van der Waals surface area contributed by atoms with Gasteiger partial charge < -0.3 is 0 Å². The number of pyridine rings is 1. The molecule has 2 aromatic heterocycles. The number of benzene rings is 1. The molecular weight excluding hydrogens is 380 g/mol. The average Bonchev–Trinajstić information content (AvgIpc) is 3.37. The number of carbonyl (C=O) groups excluding carboxylic acids is 1. The molecule has 6 heteroatoms. The first kappa shape index (κ1) is 18.6. The van der Waals surface area contributed by atoms with E-state index in [2.05, 4.69) is 44.9 Å². The lowest BCUT2D eigenvalue weighted by molar-refractivity contribution is -0.117. The number of fused-ring (bicyclic) bond motifs is 1. The highest BCUT2D eigenvalue weighted by Crippen LogP contribution is 2.41. The highest BCUT2D eigenvalue weighted by atomic mass is 32.2. The van der Waals surface area contributed by atoms with Crippen molar-refractivity contribution in [3.05, 3.63) is 59.4 Å². The van der Waals surface area contributed by atoms with Gasteiger partial charge in [0.1, 0.15) is 0 Å². The Kier molecular flexibility index (Phi) is 4.96. The van der Waals surface area contributed by atoms with Crippen LogP contribution in [0, 0.1) is 0 Å². The van der Waals surface area contributed by atoms with Crippen molar-refractivity contribution in [3.8, 4) is 11.4 Å². The van der Waals surface area contributed by atoms with E-state index in [4.69, 9.17) is 0 Å². The van der Waals surface area contributed by atoms with E-state index < -0.39 is 0 Å². The molecule has 3 aromatic rings. The zero-order valence-corrected chi connectivity index (χ0v) is 17.4. The Morgan fingerprint density at radius 2 is 1.97 bits per heavy atom. The second-order valence-corrected chi connectivity index (χ2v) is 8.82. The van der Waals surface area contributed by atoms with E-state index in [1.165, 1.54) is 28.5 Å². The lowest BCUT2D eigenvalue weighted by Gasteiger charge is -2.12. The highest BCUT2D eigenvalue weighted by molar-refractivity contribution is 7.99. The lowest BCUT2D eigenvalue weighted by atomic mass is 9.96. The summed E-state index contributed by atoms with van der Waals surface area (Å²) in [5.41, 5.74) is 4.96. The normalized spacial score (nSPS) is 18.0. The topological polar surface area (TPSA) is 60.7 Å². The fourth-order valence-electron chi connectivity index (χ4n) is 4.20. The van der Waals surface area contributed by atoms with Gasteiger partial charge in [0, 0.05) is 29.9 Å². The van der Waals surface area contributed by atoms with Crippen LogP contribution in [0.2, 0.25) is 0 Å². The van der Waals surface area contributed by atoms with Crippen LogP contribution in [0.25, 0.3) is 11.4 Å². The number of Topliss-reactive ketones (excluding diaryl/α,β-unsaturated/α-hetero) is 1. The summed E-state index contributed by atoms with van der Waals surface area (Å²) in [6, 6.07) is 11.0. The molecular formula is C23H24N4OS. The summed E-state index contributed by atoms with van der Waals surface area (Å²) in [4.78, 5) is 17.1. The van der Waals surface area contributed by atoms with Gasteiger partial charge in [0.25, 0.3) is 0 Å². The second-order valence-electron chi connectivity index (χ2n) is 7.88.